The number of anilines is 1. The fourth-order valence-corrected chi connectivity index (χ4v) is 3.45. The molecule has 0 bridgehead atoms. The first-order chi connectivity index (χ1) is 10.2. The first-order valence-corrected chi connectivity index (χ1v) is 8.59. The SMILES string of the molecule is CCCN1CCCC(Nc2ccccc2SC(F)F)CC1. The van der Waals surface area contributed by atoms with E-state index in [9.17, 15) is 8.78 Å². The van der Waals surface area contributed by atoms with Crippen molar-refractivity contribution in [2.45, 2.75) is 49.3 Å². The van der Waals surface area contributed by atoms with Gasteiger partial charge in [0.05, 0.1) is 0 Å². The zero-order valence-electron chi connectivity index (χ0n) is 12.5. The number of nitrogens with one attached hydrogen (secondary N) is 1. The van der Waals surface area contributed by atoms with E-state index < -0.39 is 5.76 Å². The minimum atomic E-state index is -2.37. The molecule has 1 aliphatic rings. The van der Waals surface area contributed by atoms with Gasteiger partial charge in [0.15, 0.2) is 0 Å². The van der Waals surface area contributed by atoms with Gasteiger partial charge in [-0.15, -0.1) is 0 Å². The molecular weight excluding hydrogens is 290 g/mol. The summed E-state index contributed by atoms with van der Waals surface area (Å²) in [6, 6.07) is 7.76. The molecule has 1 atom stereocenters. The Morgan fingerprint density at radius 3 is 2.86 bits per heavy atom. The number of hydrogen-bond acceptors (Lipinski definition) is 3. The number of thioether (sulfide) groups is 1. The van der Waals surface area contributed by atoms with Crippen LogP contribution in [0.2, 0.25) is 0 Å². The molecule has 1 heterocycles. The highest BCUT2D eigenvalue weighted by atomic mass is 32.2. The number of benzene rings is 1. The minimum absolute atomic E-state index is 0.381. The van der Waals surface area contributed by atoms with Crippen molar-refractivity contribution in [3.63, 3.8) is 0 Å². The average molecular weight is 314 g/mol. The zero-order chi connectivity index (χ0) is 15.1. The van der Waals surface area contributed by atoms with Crippen LogP contribution >= 0.6 is 11.8 Å². The topological polar surface area (TPSA) is 15.3 Å². The number of rotatable bonds is 6. The third-order valence-corrected chi connectivity index (χ3v) is 4.61. The van der Waals surface area contributed by atoms with Gasteiger partial charge in [0.25, 0.3) is 5.76 Å². The Morgan fingerprint density at radius 2 is 2.10 bits per heavy atom. The second kappa shape index (κ2) is 8.59. The standard InChI is InChI=1S/C16H24F2N2S/c1-2-10-20-11-5-6-13(9-12-20)19-14-7-3-4-8-15(14)21-16(17)18/h3-4,7-8,13,16,19H,2,5-6,9-12H2,1H3. The van der Waals surface area contributed by atoms with Crippen molar-refractivity contribution in [2.75, 3.05) is 25.0 Å². The van der Waals surface area contributed by atoms with E-state index in [2.05, 4.69) is 17.1 Å². The van der Waals surface area contributed by atoms with Gasteiger partial charge >= 0.3 is 0 Å². The van der Waals surface area contributed by atoms with Gasteiger partial charge in [-0.05, 0) is 50.9 Å². The van der Waals surface area contributed by atoms with Crippen LogP contribution in [0.25, 0.3) is 0 Å². The summed E-state index contributed by atoms with van der Waals surface area (Å²) in [5.41, 5.74) is 0.844. The van der Waals surface area contributed by atoms with E-state index in [1.165, 1.54) is 12.8 Å². The van der Waals surface area contributed by atoms with Crippen molar-refractivity contribution in [1.82, 2.24) is 4.90 Å². The Kier molecular flexibility index (Phi) is 6.77. The number of halogens is 2. The third-order valence-electron chi connectivity index (χ3n) is 3.82. The highest BCUT2D eigenvalue weighted by Gasteiger charge is 2.18. The molecule has 118 valence electrons. The maximum Gasteiger partial charge on any atom is 0.288 e. The average Bonchev–Trinajstić information content (AvgIpc) is 2.67. The maximum absolute atomic E-state index is 12.6. The van der Waals surface area contributed by atoms with E-state index in [1.807, 2.05) is 18.2 Å². The van der Waals surface area contributed by atoms with Gasteiger partial charge in [0.2, 0.25) is 0 Å². The number of hydrogen-bond donors (Lipinski definition) is 1. The van der Waals surface area contributed by atoms with Crippen LogP contribution in [0.3, 0.4) is 0 Å². The highest BCUT2D eigenvalue weighted by Crippen LogP contribution is 2.32. The van der Waals surface area contributed by atoms with Gasteiger partial charge in [-0.1, -0.05) is 30.8 Å². The molecule has 21 heavy (non-hydrogen) atoms. The quantitative estimate of drug-likeness (QED) is 0.768. The fourth-order valence-electron chi connectivity index (χ4n) is 2.84. The second-order valence-electron chi connectivity index (χ2n) is 5.49. The van der Waals surface area contributed by atoms with E-state index >= 15 is 0 Å². The number of alkyl halides is 2. The van der Waals surface area contributed by atoms with E-state index in [0.29, 0.717) is 22.7 Å². The van der Waals surface area contributed by atoms with Crippen molar-refractivity contribution >= 4 is 17.4 Å². The largest absolute Gasteiger partial charge is 0.381 e. The molecule has 0 radical (unpaired) electrons. The van der Waals surface area contributed by atoms with Crippen LogP contribution in [0.1, 0.15) is 32.6 Å². The molecule has 0 spiro atoms. The first-order valence-electron chi connectivity index (χ1n) is 7.71. The van der Waals surface area contributed by atoms with Crippen LogP contribution in [0.5, 0.6) is 0 Å². The summed E-state index contributed by atoms with van der Waals surface area (Å²) in [7, 11) is 0. The van der Waals surface area contributed by atoms with Crippen molar-refractivity contribution in [3.05, 3.63) is 24.3 Å². The molecular formula is C16H24F2N2S. The molecule has 1 unspecified atom stereocenters. The van der Waals surface area contributed by atoms with Gasteiger partial charge < -0.3 is 10.2 Å². The molecule has 0 saturated carbocycles. The molecule has 1 saturated heterocycles. The van der Waals surface area contributed by atoms with E-state index in [-0.39, 0.29) is 0 Å². The van der Waals surface area contributed by atoms with E-state index in [4.69, 9.17) is 0 Å². The lowest BCUT2D eigenvalue weighted by molar-refractivity contribution is 0.252. The van der Waals surface area contributed by atoms with E-state index in [1.54, 1.807) is 6.07 Å². The van der Waals surface area contributed by atoms with Gasteiger partial charge in [-0.2, -0.15) is 8.78 Å². The molecule has 1 fully saturated rings. The third kappa shape index (κ3) is 5.47. The molecule has 1 N–H and O–H groups in total. The van der Waals surface area contributed by atoms with Crippen molar-refractivity contribution in [2.24, 2.45) is 0 Å². The van der Waals surface area contributed by atoms with E-state index in [0.717, 1.165) is 38.2 Å². The predicted molar refractivity (Wildman–Crippen MR) is 86.3 cm³/mol. The van der Waals surface area contributed by atoms with Gasteiger partial charge in [0, 0.05) is 23.2 Å². The second-order valence-corrected chi connectivity index (χ2v) is 6.52. The Balaban J connectivity index is 1.95. The number of para-hydroxylation sites is 1. The lowest BCUT2D eigenvalue weighted by Crippen LogP contribution is -2.27. The van der Waals surface area contributed by atoms with Crippen molar-refractivity contribution in [1.29, 1.82) is 0 Å². The summed E-state index contributed by atoms with van der Waals surface area (Å²) in [4.78, 5) is 3.14. The van der Waals surface area contributed by atoms with Crippen LogP contribution < -0.4 is 5.32 Å². The lowest BCUT2D eigenvalue weighted by atomic mass is 10.1. The van der Waals surface area contributed by atoms with Crippen LogP contribution in [-0.2, 0) is 0 Å². The smallest absolute Gasteiger partial charge is 0.288 e. The Labute approximate surface area is 130 Å². The summed E-state index contributed by atoms with van der Waals surface area (Å²) in [6.45, 7) is 5.61. The number of nitrogens with zero attached hydrogens (tertiary/aromatic N) is 1. The molecule has 0 aromatic heterocycles. The molecule has 1 aromatic rings. The zero-order valence-corrected chi connectivity index (χ0v) is 13.3. The normalized spacial score (nSPS) is 20.5. The fraction of sp³-hybridized carbons (Fsp3) is 0.625. The lowest BCUT2D eigenvalue weighted by Gasteiger charge is -2.21. The summed E-state index contributed by atoms with van der Waals surface area (Å²) >= 11 is 0.621. The van der Waals surface area contributed by atoms with Crippen molar-refractivity contribution in [3.8, 4) is 0 Å². The minimum Gasteiger partial charge on any atom is -0.381 e. The summed E-state index contributed by atoms with van der Waals surface area (Å²) < 4.78 is 25.2. The molecule has 5 heteroatoms. The maximum atomic E-state index is 12.6. The summed E-state index contributed by atoms with van der Waals surface area (Å²) in [5.74, 6) is -2.37. The van der Waals surface area contributed by atoms with Gasteiger partial charge in [-0.3, -0.25) is 0 Å². The first kappa shape index (κ1) is 16.6. The Bertz CT molecular complexity index is 428. The summed E-state index contributed by atoms with van der Waals surface area (Å²) in [6.07, 6.45) is 4.54. The van der Waals surface area contributed by atoms with Crippen LogP contribution in [0.4, 0.5) is 14.5 Å². The summed E-state index contributed by atoms with van der Waals surface area (Å²) in [5, 5.41) is 3.48. The van der Waals surface area contributed by atoms with Gasteiger partial charge in [-0.25, -0.2) is 0 Å². The molecule has 1 aliphatic heterocycles. The molecule has 0 amide bonds. The van der Waals surface area contributed by atoms with Crippen molar-refractivity contribution < 1.29 is 8.78 Å². The highest BCUT2D eigenvalue weighted by molar-refractivity contribution is 7.99. The van der Waals surface area contributed by atoms with Crippen LogP contribution in [-0.4, -0.2) is 36.3 Å². The molecule has 0 aliphatic carbocycles. The van der Waals surface area contributed by atoms with Crippen LogP contribution in [0.15, 0.2) is 29.2 Å². The number of likely N-dealkylation sites (tertiary alicyclic amines) is 1. The molecule has 2 rings (SSSR count). The predicted octanol–water partition coefficient (Wildman–Crippen LogP) is 4.68. The molecule has 1 aromatic carbocycles. The van der Waals surface area contributed by atoms with Gasteiger partial charge in [0.1, 0.15) is 0 Å². The Hall–Kier alpha value is -0.810. The van der Waals surface area contributed by atoms with Crippen LogP contribution in [0, 0.1) is 0 Å². The Morgan fingerprint density at radius 1 is 1.29 bits per heavy atom. The molecule has 2 nitrogen and oxygen atoms in total. The monoisotopic (exact) mass is 314 g/mol.